The second-order valence-corrected chi connectivity index (χ2v) is 4.92. The van der Waals surface area contributed by atoms with E-state index in [4.69, 9.17) is 0 Å². The number of hydrogen-bond acceptors (Lipinski definition) is 4. The standard InChI is InChI=1S/C15H21N5O/c1-4-6-16-14-8-12(5-7-17-14)15(21)18-9-13-10-19-20(3)11(13)2/h5,7-8,10H,4,6,9H2,1-3H3,(H,16,17)(H,18,21). The summed E-state index contributed by atoms with van der Waals surface area (Å²) in [5.41, 5.74) is 2.67. The minimum absolute atomic E-state index is 0.111. The van der Waals surface area contributed by atoms with Crippen LogP contribution in [0.3, 0.4) is 0 Å². The molecule has 0 aliphatic rings. The number of pyridine rings is 1. The fourth-order valence-electron chi connectivity index (χ4n) is 1.92. The predicted molar refractivity (Wildman–Crippen MR) is 82.1 cm³/mol. The summed E-state index contributed by atoms with van der Waals surface area (Å²) in [6.45, 7) is 5.37. The molecule has 0 spiro atoms. The molecule has 21 heavy (non-hydrogen) atoms. The summed E-state index contributed by atoms with van der Waals surface area (Å²) < 4.78 is 1.79. The van der Waals surface area contributed by atoms with Gasteiger partial charge in [0.25, 0.3) is 5.91 Å². The van der Waals surface area contributed by atoms with Crippen molar-refractivity contribution in [3.05, 3.63) is 41.3 Å². The summed E-state index contributed by atoms with van der Waals surface area (Å²) in [5, 5.41) is 10.2. The molecule has 2 N–H and O–H groups in total. The molecule has 6 nitrogen and oxygen atoms in total. The van der Waals surface area contributed by atoms with Gasteiger partial charge in [-0.25, -0.2) is 4.98 Å². The van der Waals surface area contributed by atoms with Crippen molar-refractivity contribution in [3.8, 4) is 0 Å². The van der Waals surface area contributed by atoms with Gasteiger partial charge in [-0.15, -0.1) is 0 Å². The topological polar surface area (TPSA) is 71.8 Å². The second kappa shape index (κ2) is 6.88. The van der Waals surface area contributed by atoms with Gasteiger partial charge >= 0.3 is 0 Å². The number of hydrogen-bond donors (Lipinski definition) is 2. The monoisotopic (exact) mass is 287 g/mol. The molecule has 0 aromatic carbocycles. The Bertz CT molecular complexity index is 620. The molecule has 112 valence electrons. The maximum Gasteiger partial charge on any atom is 0.251 e. The number of anilines is 1. The third-order valence-corrected chi connectivity index (χ3v) is 3.35. The van der Waals surface area contributed by atoms with Crippen LogP contribution >= 0.6 is 0 Å². The molecule has 0 saturated carbocycles. The molecule has 0 aliphatic carbocycles. The van der Waals surface area contributed by atoms with Crippen molar-refractivity contribution in [1.82, 2.24) is 20.1 Å². The summed E-state index contributed by atoms with van der Waals surface area (Å²) in [6, 6.07) is 3.48. The molecule has 2 rings (SSSR count). The first-order valence-electron chi connectivity index (χ1n) is 7.07. The predicted octanol–water partition coefficient (Wildman–Crippen LogP) is 1.88. The summed E-state index contributed by atoms with van der Waals surface area (Å²) in [5.74, 6) is 0.613. The highest BCUT2D eigenvalue weighted by atomic mass is 16.1. The van der Waals surface area contributed by atoms with Crippen molar-refractivity contribution in [2.45, 2.75) is 26.8 Å². The highest BCUT2D eigenvalue weighted by molar-refractivity contribution is 5.94. The lowest BCUT2D eigenvalue weighted by Gasteiger charge is -2.07. The van der Waals surface area contributed by atoms with E-state index in [1.807, 2.05) is 14.0 Å². The number of aryl methyl sites for hydroxylation is 1. The Balaban J connectivity index is 1.98. The fourth-order valence-corrected chi connectivity index (χ4v) is 1.92. The quantitative estimate of drug-likeness (QED) is 0.851. The molecule has 0 fully saturated rings. The zero-order valence-electron chi connectivity index (χ0n) is 12.7. The van der Waals surface area contributed by atoms with Crippen LogP contribution in [0.5, 0.6) is 0 Å². The highest BCUT2D eigenvalue weighted by Gasteiger charge is 2.09. The number of nitrogens with one attached hydrogen (secondary N) is 2. The average molecular weight is 287 g/mol. The number of amides is 1. The van der Waals surface area contributed by atoms with Gasteiger partial charge in [-0.2, -0.15) is 5.10 Å². The second-order valence-electron chi connectivity index (χ2n) is 4.92. The zero-order valence-corrected chi connectivity index (χ0v) is 12.7. The van der Waals surface area contributed by atoms with Crippen molar-refractivity contribution in [3.63, 3.8) is 0 Å². The van der Waals surface area contributed by atoms with Gasteiger partial charge < -0.3 is 10.6 Å². The summed E-state index contributed by atoms with van der Waals surface area (Å²) in [7, 11) is 1.88. The Hall–Kier alpha value is -2.37. The molecule has 6 heteroatoms. The molecule has 0 unspecified atom stereocenters. The molecule has 0 atom stereocenters. The Kier molecular flexibility index (Phi) is 4.92. The van der Waals surface area contributed by atoms with E-state index in [0.29, 0.717) is 12.1 Å². The van der Waals surface area contributed by atoms with E-state index in [1.54, 1.807) is 29.2 Å². The Morgan fingerprint density at radius 3 is 2.90 bits per heavy atom. The minimum Gasteiger partial charge on any atom is -0.370 e. The molecular weight excluding hydrogens is 266 g/mol. The first-order valence-corrected chi connectivity index (χ1v) is 7.07. The zero-order chi connectivity index (χ0) is 15.2. The van der Waals surface area contributed by atoms with E-state index in [1.165, 1.54) is 0 Å². The minimum atomic E-state index is -0.111. The van der Waals surface area contributed by atoms with Crippen LogP contribution in [0.1, 0.15) is 35.0 Å². The Morgan fingerprint density at radius 2 is 2.24 bits per heavy atom. The summed E-state index contributed by atoms with van der Waals surface area (Å²) in [6.07, 6.45) is 4.43. The van der Waals surface area contributed by atoms with Gasteiger partial charge in [-0.05, 0) is 25.5 Å². The van der Waals surface area contributed by atoms with E-state index in [9.17, 15) is 4.79 Å². The van der Waals surface area contributed by atoms with Crippen molar-refractivity contribution < 1.29 is 4.79 Å². The van der Waals surface area contributed by atoms with Gasteiger partial charge in [0.15, 0.2) is 0 Å². The molecule has 1 amide bonds. The van der Waals surface area contributed by atoms with Crippen LogP contribution in [-0.4, -0.2) is 27.2 Å². The summed E-state index contributed by atoms with van der Waals surface area (Å²) in [4.78, 5) is 16.4. The molecule has 2 aromatic rings. The molecule has 0 bridgehead atoms. The lowest BCUT2D eigenvalue weighted by atomic mass is 10.2. The smallest absolute Gasteiger partial charge is 0.251 e. The lowest BCUT2D eigenvalue weighted by Crippen LogP contribution is -2.23. The van der Waals surface area contributed by atoms with Crippen LogP contribution < -0.4 is 10.6 Å². The average Bonchev–Trinajstić information content (AvgIpc) is 2.82. The lowest BCUT2D eigenvalue weighted by molar-refractivity contribution is 0.0951. The number of carbonyl (C=O) groups excluding carboxylic acids is 1. The first kappa shape index (κ1) is 15.0. The van der Waals surface area contributed by atoms with Crippen LogP contribution in [0, 0.1) is 6.92 Å². The highest BCUT2D eigenvalue weighted by Crippen LogP contribution is 2.08. The van der Waals surface area contributed by atoms with Crippen LogP contribution in [0.25, 0.3) is 0 Å². The molecule has 0 radical (unpaired) electrons. The largest absolute Gasteiger partial charge is 0.370 e. The van der Waals surface area contributed by atoms with E-state index < -0.39 is 0 Å². The van der Waals surface area contributed by atoms with Gasteiger partial charge in [-0.3, -0.25) is 9.48 Å². The van der Waals surface area contributed by atoms with Gasteiger partial charge in [0.1, 0.15) is 5.82 Å². The van der Waals surface area contributed by atoms with Crippen LogP contribution in [0.4, 0.5) is 5.82 Å². The molecule has 0 aliphatic heterocycles. The summed E-state index contributed by atoms with van der Waals surface area (Å²) >= 11 is 0. The Labute approximate surface area is 124 Å². The number of rotatable bonds is 6. The van der Waals surface area contributed by atoms with Gasteiger partial charge in [0.05, 0.1) is 6.20 Å². The molecular formula is C15H21N5O. The van der Waals surface area contributed by atoms with Gasteiger partial charge in [-0.1, -0.05) is 6.92 Å². The van der Waals surface area contributed by atoms with Crippen molar-refractivity contribution >= 4 is 11.7 Å². The van der Waals surface area contributed by atoms with Crippen LogP contribution in [0.2, 0.25) is 0 Å². The van der Waals surface area contributed by atoms with E-state index in [-0.39, 0.29) is 5.91 Å². The molecule has 0 saturated heterocycles. The first-order chi connectivity index (χ1) is 10.1. The SMILES string of the molecule is CCCNc1cc(C(=O)NCc2cnn(C)c2C)ccn1. The molecule has 2 aromatic heterocycles. The van der Waals surface area contributed by atoms with Crippen molar-refractivity contribution in [2.24, 2.45) is 7.05 Å². The third kappa shape index (κ3) is 3.81. The van der Waals surface area contributed by atoms with Crippen molar-refractivity contribution in [1.29, 1.82) is 0 Å². The fraction of sp³-hybridized carbons (Fsp3) is 0.400. The molecule has 2 heterocycles. The van der Waals surface area contributed by atoms with Crippen LogP contribution in [0.15, 0.2) is 24.5 Å². The van der Waals surface area contributed by atoms with E-state index in [2.05, 4.69) is 27.6 Å². The maximum absolute atomic E-state index is 12.2. The van der Waals surface area contributed by atoms with Crippen LogP contribution in [-0.2, 0) is 13.6 Å². The maximum atomic E-state index is 12.2. The van der Waals surface area contributed by atoms with Crippen molar-refractivity contribution in [2.75, 3.05) is 11.9 Å². The number of aromatic nitrogens is 3. The number of carbonyl (C=O) groups is 1. The normalized spacial score (nSPS) is 10.4. The number of nitrogens with zero attached hydrogens (tertiary/aromatic N) is 3. The Morgan fingerprint density at radius 1 is 1.43 bits per heavy atom. The van der Waals surface area contributed by atoms with Gasteiger partial charge in [0.2, 0.25) is 0 Å². The third-order valence-electron chi connectivity index (χ3n) is 3.35. The van der Waals surface area contributed by atoms with Gasteiger partial charge in [0, 0.05) is 43.2 Å². The van der Waals surface area contributed by atoms with E-state index in [0.717, 1.165) is 30.0 Å². The van der Waals surface area contributed by atoms with E-state index >= 15 is 0 Å².